The lowest BCUT2D eigenvalue weighted by Crippen LogP contribution is -2.40. The molecule has 26 heavy (non-hydrogen) atoms. The highest BCUT2D eigenvalue weighted by Gasteiger charge is 2.32. The van der Waals surface area contributed by atoms with Gasteiger partial charge in [-0.25, -0.2) is 4.79 Å². The van der Waals surface area contributed by atoms with Gasteiger partial charge in [0.25, 0.3) is 0 Å². The third kappa shape index (κ3) is 2.94. The Labute approximate surface area is 151 Å². The number of nitrogens with one attached hydrogen (secondary N) is 1. The van der Waals surface area contributed by atoms with E-state index in [2.05, 4.69) is 10.2 Å². The van der Waals surface area contributed by atoms with Gasteiger partial charge in [0, 0.05) is 36.7 Å². The fourth-order valence-corrected chi connectivity index (χ4v) is 3.71. The number of carbonyl (C=O) groups excluding carboxylic acids is 2. The van der Waals surface area contributed by atoms with Crippen LogP contribution in [0.25, 0.3) is 0 Å². The average Bonchev–Trinajstić information content (AvgIpc) is 2.97. The number of hydrogen-bond acceptors (Lipinski definition) is 5. The maximum atomic E-state index is 13.1. The van der Waals surface area contributed by atoms with Crippen LogP contribution in [-0.4, -0.2) is 47.2 Å². The number of rotatable bonds is 2. The first kappa shape index (κ1) is 16.6. The van der Waals surface area contributed by atoms with E-state index in [1.165, 1.54) is 7.11 Å². The minimum atomic E-state index is -0.478. The Bertz CT molecular complexity index is 845. The van der Waals surface area contributed by atoms with Gasteiger partial charge in [-0.15, -0.1) is 0 Å². The van der Waals surface area contributed by atoms with Crippen LogP contribution in [-0.2, 0) is 28.9 Å². The lowest BCUT2D eigenvalue weighted by Gasteiger charge is -2.30. The van der Waals surface area contributed by atoms with Crippen molar-refractivity contribution in [2.75, 3.05) is 20.3 Å². The smallest absolute Gasteiger partial charge is 0.358 e. The van der Waals surface area contributed by atoms with Crippen molar-refractivity contribution in [3.05, 3.63) is 46.8 Å². The molecule has 0 saturated carbocycles. The summed E-state index contributed by atoms with van der Waals surface area (Å²) in [6, 6.07) is 7.88. The van der Waals surface area contributed by atoms with E-state index in [-0.39, 0.29) is 17.5 Å². The Balaban J connectivity index is 1.53. The third-order valence-corrected chi connectivity index (χ3v) is 5.14. The van der Waals surface area contributed by atoms with Crippen molar-refractivity contribution in [3.63, 3.8) is 0 Å². The fraction of sp³-hybridized carbons (Fsp3) is 0.421. The van der Waals surface area contributed by atoms with Crippen LogP contribution in [0.4, 0.5) is 0 Å². The molecule has 1 aromatic heterocycles. The van der Waals surface area contributed by atoms with Crippen molar-refractivity contribution in [2.24, 2.45) is 5.92 Å². The molecule has 1 amide bonds. The van der Waals surface area contributed by atoms with Gasteiger partial charge in [-0.05, 0) is 24.5 Å². The monoisotopic (exact) mass is 355 g/mol. The molecule has 1 N–H and O–H groups in total. The molecule has 0 radical (unpaired) electrons. The summed E-state index contributed by atoms with van der Waals surface area (Å²) in [5, 5.41) is 6.96. The number of ether oxygens (including phenoxy) is 2. The Hall–Kier alpha value is -2.83. The number of esters is 1. The number of fused-ring (bicyclic) bond motifs is 2. The number of amides is 1. The molecule has 4 rings (SSSR count). The highest BCUT2D eigenvalue weighted by Crippen LogP contribution is 2.29. The molecule has 0 fully saturated rings. The number of para-hydroxylation sites is 1. The predicted molar refractivity (Wildman–Crippen MR) is 92.8 cm³/mol. The van der Waals surface area contributed by atoms with E-state index in [9.17, 15) is 9.59 Å². The van der Waals surface area contributed by atoms with Gasteiger partial charge in [-0.1, -0.05) is 18.2 Å². The van der Waals surface area contributed by atoms with Crippen LogP contribution in [0.2, 0.25) is 0 Å². The quantitative estimate of drug-likeness (QED) is 0.829. The minimum Gasteiger partial charge on any atom is -0.493 e. The molecule has 0 aliphatic carbocycles. The standard InChI is InChI=1S/C19H21N3O4/c1-25-19(24)17-14-11-22(8-6-15(14)20-21-17)18(23)13-7-9-26-16-5-3-2-4-12(16)10-13/h2-5,13H,6-11H2,1H3,(H,20,21)/t13-/m0/s1. The Morgan fingerprint density at radius 3 is 3.04 bits per heavy atom. The van der Waals surface area contributed by atoms with Gasteiger partial charge in [0.2, 0.25) is 5.91 Å². The van der Waals surface area contributed by atoms with Crippen molar-refractivity contribution in [3.8, 4) is 5.75 Å². The SMILES string of the molecule is COC(=O)c1n[nH]c2c1CN(C(=O)[C@H]1CCOc3ccccc3C1)CC2. The van der Waals surface area contributed by atoms with Crippen molar-refractivity contribution in [2.45, 2.75) is 25.8 Å². The summed E-state index contributed by atoms with van der Waals surface area (Å²) in [4.78, 5) is 26.8. The predicted octanol–water partition coefficient (Wildman–Crippen LogP) is 1.72. The number of hydrogen-bond donors (Lipinski definition) is 1. The summed E-state index contributed by atoms with van der Waals surface area (Å²) < 4.78 is 10.6. The minimum absolute atomic E-state index is 0.105. The molecule has 136 valence electrons. The van der Waals surface area contributed by atoms with Crippen LogP contribution < -0.4 is 4.74 Å². The van der Waals surface area contributed by atoms with Crippen LogP contribution in [0, 0.1) is 5.92 Å². The molecule has 7 nitrogen and oxygen atoms in total. The van der Waals surface area contributed by atoms with E-state index in [0.29, 0.717) is 39.0 Å². The van der Waals surface area contributed by atoms with Crippen molar-refractivity contribution in [1.29, 1.82) is 0 Å². The lowest BCUT2D eigenvalue weighted by atomic mass is 9.94. The summed E-state index contributed by atoms with van der Waals surface area (Å²) in [5.41, 5.74) is 3.01. The van der Waals surface area contributed by atoms with E-state index in [1.807, 2.05) is 29.2 Å². The zero-order valence-corrected chi connectivity index (χ0v) is 14.7. The number of carbonyl (C=O) groups is 2. The first-order chi connectivity index (χ1) is 12.7. The Kier molecular flexibility index (Phi) is 4.36. The van der Waals surface area contributed by atoms with Crippen LogP contribution in [0.3, 0.4) is 0 Å². The number of aromatic amines is 1. The van der Waals surface area contributed by atoms with Gasteiger partial charge in [0.15, 0.2) is 5.69 Å². The average molecular weight is 355 g/mol. The van der Waals surface area contributed by atoms with Crippen LogP contribution in [0.15, 0.2) is 24.3 Å². The molecule has 1 atom stereocenters. The molecule has 0 spiro atoms. The van der Waals surface area contributed by atoms with Crippen molar-refractivity contribution < 1.29 is 19.1 Å². The summed E-state index contributed by atoms with van der Waals surface area (Å²) in [5.74, 6) is 0.377. The molecule has 2 aliphatic heterocycles. The van der Waals surface area contributed by atoms with Gasteiger partial charge >= 0.3 is 5.97 Å². The molecule has 7 heteroatoms. The molecule has 0 bridgehead atoms. The van der Waals surface area contributed by atoms with E-state index in [4.69, 9.17) is 9.47 Å². The van der Waals surface area contributed by atoms with Gasteiger partial charge in [0.05, 0.1) is 13.7 Å². The van der Waals surface area contributed by atoms with E-state index in [1.54, 1.807) is 0 Å². The lowest BCUT2D eigenvalue weighted by molar-refractivity contribution is -0.136. The highest BCUT2D eigenvalue weighted by molar-refractivity contribution is 5.89. The zero-order chi connectivity index (χ0) is 18.1. The van der Waals surface area contributed by atoms with Gasteiger partial charge < -0.3 is 14.4 Å². The molecule has 0 unspecified atom stereocenters. The Morgan fingerprint density at radius 1 is 1.35 bits per heavy atom. The second-order valence-electron chi connectivity index (χ2n) is 6.68. The maximum absolute atomic E-state index is 13.1. The molecular weight excluding hydrogens is 334 g/mol. The largest absolute Gasteiger partial charge is 0.493 e. The van der Waals surface area contributed by atoms with E-state index >= 15 is 0 Å². The summed E-state index contributed by atoms with van der Waals surface area (Å²) in [6.07, 6.45) is 2.02. The fourth-order valence-electron chi connectivity index (χ4n) is 3.71. The number of H-pyrrole nitrogens is 1. The molecule has 2 aliphatic rings. The van der Waals surface area contributed by atoms with Crippen LogP contribution in [0.1, 0.15) is 33.7 Å². The summed E-state index contributed by atoms with van der Waals surface area (Å²) in [7, 11) is 1.33. The van der Waals surface area contributed by atoms with Gasteiger partial charge in [-0.3, -0.25) is 9.89 Å². The molecule has 3 heterocycles. The zero-order valence-electron chi connectivity index (χ0n) is 14.7. The first-order valence-electron chi connectivity index (χ1n) is 8.81. The van der Waals surface area contributed by atoms with Crippen molar-refractivity contribution >= 4 is 11.9 Å². The summed E-state index contributed by atoms with van der Waals surface area (Å²) >= 11 is 0. The number of nitrogens with zero attached hydrogens (tertiary/aromatic N) is 2. The molecule has 0 saturated heterocycles. The third-order valence-electron chi connectivity index (χ3n) is 5.14. The van der Waals surface area contributed by atoms with Gasteiger partial charge in [-0.2, -0.15) is 5.10 Å². The number of benzene rings is 1. The highest BCUT2D eigenvalue weighted by atomic mass is 16.5. The molecular formula is C19H21N3O4. The van der Waals surface area contributed by atoms with Crippen LogP contribution >= 0.6 is 0 Å². The first-order valence-corrected chi connectivity index (χ1v) is 8.81. The second-order valence-corrected chi connectivity index (χ2v) is 6.68. The normalized spacial score (nSPS) is 19.0. The summed E-state index contributed by atoms with van der Waals surface area (Å²) in [6.45, 7) is 1.54. The molecule has 2 aromatic rings. The van der Waals surface area contributed by atoms with Crippen molar-refractivity contribution in [1.82, 2.24) is 15.1 Å². The van der Waals surface area contributed by atoms with Crippen LogP contribution in [0.5, 0.6) is 5.75 Å². The van der Waals surface area contributed by atoms with E-state index < -0.39 is 5.97 Å². The maximum Gasteiger partial charge on any atom is 0.358 e. The second kappa shape index (κ2) is 6.82. The van der Waals surface area contributed by atoms with Gasteiger partial charge in [0.1, 0.15) is 5.75 Å². The molecule has 1 aromatic carbocycles. The number of aromatic nitrogens is 2. The van der Waals surface area contributed by atoms with E-state index in [0.717, 1.165) is 22.6 Å². The topological polar surface area (TPSA) is 84.5 Å². The number of methoxy groups -OCH3 is 1. The Morgan fingerprint density at radius 2 is 2.19 bits per heavy atom.